The molecule has 2 aromatic rings. The molecule has 20 heavy (non-hydrogen) atoms. The number of aliphatic hydroxyl groups excluding tert-OH is 1. The zero-order valence-electron chi connectivity index (χ0n) is 10.9. The molecule has 0 radical (unpaired) electrons. The van der Waals surface area contributed by atoms with Crippen LogP contribution in [0.5, 0.6) is 5.75 Å². The fraction of sp³-hybridized carbons (Fsp3) is 0.250. The zero-order valence-corrected chi connectivity index (χ0v) is 14.1. The maximum atomic E-state index is 10.3. The maximum absolute atomic E-state index is 10.3. The molecule has 2 aromatic carbocycles. The van der Waals surface area contributed by atoms with Gasteiger partial charge in [-0.3, -0.25) is 0 Å². The van der Waals surface area contributed by atoms with Crippen LogP contribution in [-0.2, 0) is 0 Å². The van der Waals surface area contributed by atoms with Gasteiger partial charge in [0, 0.05) is 26.5 Å². The van der Waals surface area contributed by atoms with E-state index >= 15 is 0 Å². The Morgan fingerprint density at radius 3 is 2.60 bits per heavy atom. The Labute approximate surface area is 135 Å². The lowest BCUT2D eigenvalue weighted by molar-refractivity contribution is 0.0653. The van der Waals surface area contributed by atoms with Crippen LogP contribution in [0.15, 0.2) is 45.3 Å². The van der Waals surface area contributed by atoms with Gasteiger partial charge in [-0.15, -0.1) is 0 Å². The average Bonchev–Trinajstić information content (AvgIpc) is 2.37. The molecule has 0 aliphatic carbocycles. The van der Waals surface area contributed by atoms with Crippen LogP contribution < -0.4 is 4.74 Å². The van der Waals surface area contributed by atoms with Crippen molar-refractivity contribution in [3.8, 4) is 5.75 Å². The van der Waals surface area contributed by atoms with E-state index < -0.39 is 6.10 Å². The largest absolute Gasteiger partial charge is 0.485 e. The normalized spacial score (nSPS) is 21.2. The van der Waals surface area contributed by atoms with Gasteiger partial charge in [0.15, 0.2) is 0 Å². The smallest absolute Gasteiger partial charge is 0.128 e. The first-order valence-corrected chi connectivity index (χ1v) is 8.03. The molecule has 0 fully saturated rings. The van der Waals surface area contributed by atoms with Gasteiger partial charge in [0.05, 0.1) is 6.10 Å². The average molecular weight is 398 g/mol. The van der Waals surface area contributed by atoms with E-state index in [1.807, 2.05) is 18.2 Å². The summed E-state index contributed by atoms with van der Waals surface area (Å²) in [6.07, 6.45) is -0.0668. The van der Waals surface area contributed by atoms with Crippen molar-refractivity contribution in [3.05, 3.63) is 62.0 Å². The quantitative estimate of drug-likeness (QED) is 0.727. The molecule has 0 saturated heterocycles. The molecule has 4 heteroatoms. The molecule has 0 amide bonds. The second kappa shape index (κ2) is 5.51. The van der Waals surface area contributed by atoms with Crippen molar-refractivity contribution in [2.45, 2.75) is 25.6 Å². The van der Waals surface area contributed by atoms with Crippen LogP contribution in [0, 0.1) is 6.92 Å². The molecule has 3 rings (SSSR count). The third-order valence-corrected chi connectivity index (χ3v) is 4.72. The third-order valence-electron chi connectivity index (χ3n) is 3.54. The summed E-state index contributed by atoms with van der Waals surface area (Å²) in [4.78, 5) is 0. The lowest BCUT2D eigenvalue weighted by Crippen LogP contribution is -2.19. The molecule has 2 nitrogen and oxygen atoms in total. The summed E-state index contributed by atoms with van der Waals surface area (Å²) in [6.45, 7) is 2.05. The first-order chi connectivity index (χ1) is 9.54. The lowest BCUT2D eigenvalue weighted by atomic mass is 9.94. The van der Waals surface area contributed by atoms with Gasteiger partial charge in [-0.05, 0) is 30.7 Å². The van der Waals surface area contributed by atoms with Crippen LogP contribution >= 0.6 is 31.9 Å². The van der Waals surface area contributed by atoms with Crippen molar-refractivity contribution < 1.29 is 9.84 Å². The number of fused-ring (bicyclic) bond motifs is 1. The molecule has 1 aliphatic heterocycles. The number of halogens is 2. The predicted molar refractivity (Wildman–Crippen MR) is 86.0 cm³/mol. The molecule has 1 aliphatic rings. The van der Waals surface area contributed by atoms with Crippen molar-refractivity contribution in [2.24, 2.45) is 0 Å². The fourth-order valence-corrected chi connectivity index (χ4v) is 3.59. The summed E-state index contributed by atoms with van der Waals surface area (Å²) in [6, 6.07) is 11.9. The minimum Gasteiger partial charge on any atom is -0.485 e. The molecule has 2 atom stereocenters. The fourth-order valence-electron chi connectivity index (χ4n) is 2.50. The summed E-state index contributed by atoms with van der Waals surface area (Å²) in [5, 5.41) is 10.3. The number of hydrogen-bond acceptors (Lipinski definition) is 2. The van der Waals surface area contributed by atoms with Gasteiger partial charge >= 0.3 is 0 Å². The highest BCUT2D eigenvalue weighted by Crippen LogP contribution is 2.43. The first-order valence-electron chi connectivity index (χ1n) is 6.45. The van der Waals surface area contributed by atoms with Crippen molar-refractivity contribution in [1.29, 1.82) is 0 Å². The van der Waals surface area contributed by atoms with Gasteiger partial charge in [0.25, 0.3) is 0 Å². The second-order valence-corrected chi connectivity index (χ2v) is 6.84. The van der Waals surface area contributed by atoms with E-state index in [0.717, 1.165) is 25.8 Å². The van der Waals surface area contributed by atoms with Gasteiger partial charge in [-0.25, -0.2) is 0 Å². The Morgan fingerprint density at radius 2 is 1.85 bits per heavy atom. The Balaban J connectivity index is 1.98. The van der Waals surface area contributed by atoms with E-state index in [-0.39, 0.29) is 6.10 Å². The van der Waals surface area contributed by atoms with E-state index in [9.17, 15) is 5.11 Å². The Morgan fingerprint density at radius 1 is 1.10 bits per heavy atom. The minimum absolute atomic E-state index is 0.137. The molecule has 0 spiro atoms. The Bertz CT molecular complexity index is 655. The monoisotopic (exact) mass is 396 g/mol. The molecule has 0 saturated carbocycles. The minimum atomic E-state index is -0.495. The summed E-state index contributed by atoms with van der Waals surface area (Å²) < 4.78 is 8.04. The number of ether oxygens (including phenoxy) is 1. The van der Waals surface area contributed by atoms with Crippen LogP contribution in [0.4, 0.5) is 0 Å². The van der Waals surface area contributed by atoms with Gasteiger partial charge in [-0.2, -0.15) is 0 Å². The van der Waals surface area contributed by atoms with Gasteiger partial charge in [-0.1, -0.05) is 50.1 Å². The highest BCUT2D eigenvalue weighted by Gasteiger charge is 2.29. The van der Waals surface area contributed by atoms with E-state index in [0.29, 0.717) is 6.42 Å². The molecule has 1 heterocycles. The van der Waals surface area contributed by atoms with E-state index in [4.69, 9.17) is 4.74 Å². The second-order valence-electron chi connectivity index (χ2n) is 5.07. The van der Waals surface area contributed by atoms with Crippen LogP contribution in [0.25, 0.3) is 0 Å². The lowest BCUT2D eigenvalue weighted by Gasteiger charge is -2.30. The molecular formula is C16H14Br2O2. The third kappa shape index (κ3) is 2.65. The van der Waals surface area contributed by atoms with Crippen LogP contribution in [0.2, 0.25) is 0 Å². The first kappa shape index (κ1) is 14.1. The maximum Gasteiger partial charge on any atom is 0.128 e. The number of benzene rings is 2. The van der Waals surface area contributed by atoms with Crippen molar-refractivity contribution >= 4 is 31.9 Å². The number of aryl methyl sites for hydroxylation is 1. The standard InChI is InChI=1S/C16H14Br2O2/c1-9-2-4-11(13(18)6-9)16-8-14(19)12-5-3-10(17)7-15(12)20-16/h2-7,14,16,19H,8H2,1H3. The van der Waals surface area contributed by atoms with Crippen LogP contribution in [0.3, 0.4) is 0 Å². The molecule has 0 bridgehead atoms. The van der Waals surface area contributed by atoms with Crippen molar-refractivity contribution in [1.82, 2.24) is 0 Å². The summed E-state index contributed by atoms with van der Waals surface area (Å²) in [7, 11) is 0. The van der Waals surface area contributed by atoms with E-state index in [2.05, 4.69) is 57.0 Å². The Kier molecular flexibility index (Phi) is 3.89. The van der Waals surface area contributed by atoms with Crippen molar-refractivity contribution in [2.75, 3.05) is 0 Å². The Hall–Kier alpha value is -0.840. The summed E-state index contributed by atoms with van der Waals surface area (Å²) in [5.74, 6) is 0.746. The van der Waals surface area contributed by atoms with Crippen molar-refractivity contribution in [3.63, 3.8) is 0 Å². The summed E-state index contributed by atoms with van der Waals surface area (Å²) in [5.41, 5.74) is 3.12. The van der Waals surface area contributed by atoms with E-state index in [1.165, 1.54) is 5.56 Å². The van der Waals surface area contributed by atoms with Gasteiger partial charge in [0.2, 0.25) is 0 Å². The number of hydrogen-bond donors (Lipinski definition) is 1. The number of rotatable bonds is 1. The van der Waals surface area contributed by atoms with Gasteiger partial charge < -0.3 is 9.84 Å². The highest BCUT2D eigenvalue weighted by molar-refractivity contribution is 9.10. The van der Waals surface area contributed by atoms with Crippen LogP contribution in [-0.4, -0.2) is 5.11 Å². The molecule has 2 unspecified atom stereocenters. The SMILES string of the molecule is Cc1ccc(C2CC(O)c3ccc(Br)cc3O2)c(Br)c1. The number of aliphatic hydroxyl groups is 1. The molecule has 1 N–H and O–H groups in total. The molecule has 0 aromatic heterocycles. The van der Waals surface area contributed by atoms with Crippen LogP contribution in [0.1, 0.15) is 35.3 Å². The van der Waals surface area contributed by atoms with Gasteiger partial charge in [0.1, 0.15) is 11.9 Å². The van der Waals surface area contributed by atoms with E-state index in [1.54, 1.807) is 0 Å². The zero-order chi connectivity index (χ0) is 14.3. The predicted octanol–water partition coefficient (Wildman–Crippen LogP) is 5.08. The summed E-state index contributed by atoms with van der Waals surface area (Å²) >= 11 is 7.03. The highest BCUT2D eigenvalue weighted by atomic mass is 79.9. The molecular weight excluding hydrogens is 384 g/mol. The topological polar surface area (TPSA) is 29.5 Å². The molecule has 104 valence electrons.